The Morgan fingerprint density at radius 3 is 2.31 bits per heavy atom. The Kier molecular flexibility index (Phi) is 9.22. The van der Waals surface area contributed by atoms with Gasteiger partial charge in [0.05, 0.1) is 18.4 Å². The number of aromatic nitrogens is 1. The van der Waals surface area contributed by atoms with Crippen LogP contribution in [0.5, 0.6) is 5.75 Å². The van der Waals surface area contributed by atoms with Crippen molar-refractivity contribution < 1.29 is 34.7 Å². The Morgan fingerprint density at radius 1 is 1.10 bits per heavy atom. The standard InChI is InChI=1S/C19H18NO.C5H8O2.Ir/c1-12-5-8-17(13(2)9-12)19-14(3)10-15-6-7-16(21-4)11-18(15)20-19;1-4(6)3-5(2)7;/h5-7,9-11H,1-4H3;3,6H,1-2H3;/q-1;;/b;4-3-;. The molecule has 3 aromatic rings. The number of benzene rings is 2. The zero-order valence-corrected chi connectivity index (χ0v) is 20.0. The normalized spacial score (nSPS) is 10.6. The largest absolute Gasteiger partial charge is 0.512 e. The van der Waals surface area contributed by atoms with Crippen molar-refractivity contribution in [1.82, 2.24) is 4.98 Å². The second-order valence-corrected chi connectivity index (χ2v) is 6.84. The zero-order valence-electron chi connectivity index (χ0n) is 17.6. The Balaban J connectivity index is 0.000000456. The number of rotatable bonds is 3. The molecule has 1 aromatic heterocycles. The van der Waals surface area contributed by atoms with E-state index in [1.807, 2.05) is 24.3 Å². The monoisotopic (exact) mass is 569 g/mol. The molecule has 0 unspecified atom stereocenters. The number of ketones is 1. The topological polar surface area (TPSA) is 59.4 Å². The van der Waals surface area contributed by atoms with Crippen LogP contribution >= 0.6 is 0 Å². The van der Waals surface area contributed by atoms with E-state index in [2.05, 4.69) is 39.0 Å². The van der Waals surface area contributed by atoms with Gasteiger partial charge in [0.15, 0.2) is 5.78 Å². The van der Waals surface area contributed by atoms with Gasteiger partial charge in [-0.25, -0.2) is 0 Å². The number of aliphatic hydroxyl groups excluding tert-OH is 1. The number of methoxy groups -OCH3 is 1. The van der Waals surface area contributed by atoms with E-state index in [4.69, 9.17) is 14.8 Å². The summed E-state index contributed by atoms with van der Waals surface area (Å²) in [6, 6.07) is 15.7. The molecule has 0 aliphatic heterocycles. The van der Waals surface area contributed by atoms with E-state index in [9.17, 15) is 4.79 Å². The molecule has 0 atom stereocenters. The Morgan fingerprint density at radius 2 is 1.79 bits per heavy atom. The number of carbonyl (C=O) groups is 1. The maximum atomic E-state index is 10.0. The van der Waals surface area contributed by atoms with Crippen molar-refractivity contribution >= 4 is 16.7 Å². The third-order valence-electron chi connectivity index (χ3n) is 4.15. The van der Waals surface area contributed by atoms with Gasteiger partial charge in [0.25, 0.3) is 0 Å². The summed E-state index contributed by atoms with van der Waals surface area (Å²) in [5.74, 6) is 0.766. The summed E-state index contributed by atoms with van der Waals surface area (Å²) in [6.45, 7) is 9.13. The molecule has 3 rings (SSSR count). The molecule has 5 heteroatoms. The predicted molar refractivity (Wildman–Crippen MR) is 114 cm³/mol. The maximum Gasteiger partial charge on any atom is 0.155 e. The molecule has 4 nitrogen and oxygen atoms in total. The Labute approximate surface area is 186 Å². The van der Waals surface area contributed by atoms with Crippen molar-refractivity contribution in [2.24, 2.45) is 0 Å². The first kappa shape index (κ1) is 24.5. The van der Waals surface area contributed by atoms with Crippen molar-refractivity contribution in [2.75, 3.05) is 7.11 Å². The van der Waals surface area contributed by atoms with Crippen molar-refractivity contribution in [1.29, 1.82) is 0 Å². The fourth-order valence-electron chi connectivity index (χ4n) is 2.94. The van der Waals surface area contributed by atoms with E-state index in [1.165, 1.54) is 31.1 Å². The van der Waals surface area contributed by atoms with Crippen LogP contribution in [0.2, 0.25) is 0 Å². The number of aliphatic hydroxyl groups is 1. The fourth-order valence-corrected chi connectivity index (χ4v) is 2.94. The van der Waals surface area contributed by atoms with E-state index in [-0.39, 0.29) is 31.6 Å². The van der Waals surface area contributed by atoms with Crippen molar-refractivity contribution in [3.05, 3.63) is 71.0 Å². The predicted octanol–water partition coefficient (Wildman–Crippen LogP) is 5.67. The molecular formula is C24H26IrNO3-. The van der Waals surface area contributed by atoms with Gasteiger partial charge in [-0.2, -0.15) is 0 Å². The molecular weight excluding hydrogens is 542 g/mol. The quantitative estimate of drug-likeness (QED) is 0.251. The van der Waals surface area contributed by atoms with Crippen LogP contribution in [0.25, 0.3) is 22.2 Å². The molecule has 0 fully saturated rings. The molecule has 0 saturated carbocycles. The van der Waals surface area contributed by atoms with Crippen molar-refractivity contribution in [3.8, 4) is 17.0 Å². The van der Waals surface area contributed by atoms with Crippen LogP contribution in [-0.2, 0) is 24.9 Å². The van der Waals surface area contributed by atoms with Gasteiger partial charge in [-0.05, 0) is 44.0 Å². The SMILES string of the molecule is CC(=O)/C=C(/C)O.COc1ccc2cc(C)c(-c3[c-]cc(C)cc3C)nc2c1.[Ir]. The molecule has 0 bridgehead atoms. The molecule has 1 radical (unpaired) electrons. The number of aryl methyl sites for hydroxylation is 3. The molecule has 0 aliphatic rings. The van der Waals surface area contributed by atoms with E-state index in [0.717, 1.165) is 33.5 Å². The second-order valence-electron chi connectivity index (χ2n) is 6.84. The molecule has 0 spiro atoms. The molecule has 2 aromatic carbocycles. The third-order valence-corrected chi connectivity index (χ3v) is 4.15. The number of hydrogen-bond acceptors (Lipinski definition) is 4. The number of allylic oxidation sites excluding steroid dienone is 2. The number of hydrogen-bond donors (Lipinski definition) is 1. The number of carbonyl (C=O) groups excluding carboxylic acids is 1. The van der Waals surface area contributed by atoms with Crippen molar-refractivity contribution in [2.45, 2.75) is 34.6 Å². The molecule has 1 heterocycles. The first-order chi connectivity index (χ1) is 13.2. The van der Waals surface area contributed by atoms with Gasteiger partial charge in [-0.15, -0.1) is 34.9 Å². The summed E-state index contributed by atoms with van der Waals surface area (Å²) in [5, 5.41) is 9.49. The molecule has 0 saturated heterocycles. The van der Waals surface area contributed by atoms with E-state index >= 15 is 0 Å². The molecule has 155 valence electrons. The van der Waals surface area contributed by atoms with Gasteiger partial charge in [-0.1, -0.05) is 25.5 Å². The average Bonchev–Trinajstić information content (AvgIpc) is 2.60. The second kappa shape index (κ2) is 10.9. The summed E-state index contributed by atoms with van der Waals surface area (Å²) in [7, 11) is 1.67. The van der Waals surface area contributed by atoms with Crippen LogP contribution in [0.1, 0.15) is 30.5 Å². The van der Waals surface area contributed by atoms with Crippen molar-refractivity contribution in [3.63, 3.8) is 0 Å². The molecule has 29 heavy (non-hydrogen) atoms. The van der Waals surface area contributed by atoms with Crippen LogP contribution in [0.4, 0.5) is 0 Å². The Bertz CT molecular complexity index is 1040. The summed E-state index contributed by atoms with van der Waals surface area (Å²) >= 11 is 0. The van der Waals surface area contributed by atoms with Crippen LogP contribution < -0.4 is 4.74 Å². The maximum absolute atomic E-state index is 10.0. The van der Waals surface area contributed by atoms with Gasteiger partial charge in [0, 0.05) is 32.2 Å². The number of pyridine rings is 1. The smallest absolute Gasteiger partial charge is 0.155 e. The summed E-state index contributed by atoms with van der Waals surface area (Å²) in [6.07, 6.45) is 1.17. The fraction of sp³-hybridized carbons (Fsp3) is 0.250. The van der Waals surface area contributed by atoms with Gasteiger partial charge in [0.1, 0.15) is 5.75 Å². The van der Waals surface area contributed by atoms with Gasteiger partial charge in [-0.3, -0.25) is 9.78 Å². The Hall–Kier alpha value is -2.49. The summed E-state index contributed by atoms with van der Waals surface area (Å²) in [4.78, 5) is 14.9. The minimum Gasteiger partial charge on any atom is -0.512 e. The molecule has 0 amide bonds. The van der Waals surface area contributed by atoms with E-state index in [0.29, 0.717) is 0 Å². The van der Waals surface area contributed by atoms with Crippen LogP contribution in [0, 0.1) is 26.8 Å². The van der Waals surface area contributed by atoms with Crippen LogP contribution in [-0.4, -0.2) is 23.0 Å². The first-order valence-electron chi connectivity index (χ1n) is 9.03. The number of ether oxygens (including phenoxy) is 1. The van der Waals surface area contributed by atoms with Gasteiger partial charge in [0.2, 0.25) is 0 Å². The van der Waals surface area contributed by atoms with Gasteiger partial charge < -0.3 is 9.84 Å². The molecule has 1 N–H and O–H groups in total. The minimum absolute atomic E-state index is 0. The zero-order chi connectivity index (χ0) is 20.8. The minimum atomic E-state index is -0.125. The average molecular weight is 569 g/mol. The van der Waals surface area contributed by atoms with E-state index in [1.54, 1.807) is 7.11 Å². The van der Waals surface area contributed by atoms with Crippen LogP contribution in [0.3, 0.4) is 0 Å². The summed E-state index contributed by atoms with van der Waals surface area (Å²) in [5.41, 5.74) is 6.60. The number of nitrogens with zero attached hydrogens (tertiary/aromatic N) is 1. The molecule has 0 aliphatic carbocycles. The summed E-state index contributed by atoms with van der Waals surface area (Å²) < 4.78 is 5.29. The van der Waals surface area contributed by atoms with E-state index < -0.39 is 0 Å². The third kappa shape index (κ3) is 6.81. The van der Waals surface area contributed by atoms with Crippen LogP contribution in [0.15, 0.2) is 48.2 Å². The number of fused-ring (bicyclic) bond motifs is 1. The van der Waals surface area contributed by atoms with Gasteiger partial charge >= 0.3 is 0 Å². The first-order valence-corrected chi connectivity index (χ1v) is 9.03.